The predicted molar refractivity (Wildman–Crippen MR) is 51.3 cm³/mol. The predicted octanol–water partition coefficient (Wildman–Crippen LogP) is 1.63. The van der Waals surface area contributed by atoms with Crippen LogP contribution in [-0.4, -0.2) is 19.7 Å². The number of aryl methyl sites for hydroxylation is 1. The zero-order chi connectivity index (χ0) is 9.26. The SMILES string of the molecule is Cc1ccc(-n2cn[nH]c2=S)cn1. The number of aromatic amines is 1. The summed E-state index contributed by atoms with van der Waals surface area (Å²) in [5.74, 6) is 0. The van der Waals surface area contributed by atoms with Crippen molar-refractivity contribution in [2.75, 3.05) is 0 Å². The quantitative estimate of drug-likeness (QED) is 0.698. The van der Waals surface area contributed by atoms with E-state index in [4.69, 9.17) is 12.2 Å². The molecule has 66 valence electrons. The molecule has 0 aliphatic rings. The Morgan fingerprint density at radius 1 is 1.46 bits per heavy atom. The van der Waals surface area contributed by atoms with E-state index in [2.05, 4.69) is 15.2 Å². The number of nitrogens with one attached hydrogen (secondary N) is 1. The Kier molecular flexibility index (Phi) is 1.94. The van der Waals surface area contributed by atoms with Gasteiger partial charge in [0.05, 0.1) is 11.9 Å². The Labute approximate surface area is 80.3 Å². The van der Waals surface area contributed by atoms with Crippen LogP contribution < -0.4 is 0 Å². The van der Waals surface area contributed by atoms with Crippen molar-refractivity contribution in [1.29, 1.82) is 0 Å². The smallest absolute Gasteiger partial charge is 0.199 e. The van der Waals surface area contributed by atoms with Crippen molar-refractivity contribution in [3.05, 3.63) is 35.1 Å². The van der Waals surface area contributed by atoms with E-state index in [0.29, 0.717) is 4.77 Å². The summed E-state index contributed by atoms with van der Waals surface area (Å²) in [4.78, 5) is 4.17. The Morgan fingerprint density at radius 3 is 2.85 bits per heavy atom. The first-order chi connectivity index (χ1) is 6.27. The Morgan fingerprint density at radius 2 is 2.31 bits per heavy atom. The third-order valence-electron chi connectivity index (χ3n) is 1.73. The summed E-state index contributed by atoms with van der Waals surface area (Å²) in [6.45, 7) is 1.94. The van der Waals surface area contributed by atoms with Crippen LogP contribution in [0.4, 0.5) is 0 Å². The zero-order valence-corrected chi connectivity index (χ0v) is 7.88. The molecule has 1 N–H and O–H groups in total. The number of hydrogen-bond acceptors (Lipinski definition) is 3. The van der Waals surface area contributed by atoms with Gasteiger partial charge in [0.25, 0.3) is 0 Å². The van der Waals surface area contributed by atoms with Gasteiger partial charge in [0, 0.05) is 5.69 Å². The molecule has 2 heterocycles. The lowest BCUT2D eigenvalue weighted by Crippen LogP contribution is -1.93. The number of H-pyrrole nitrogens is 1. The molecule has 0 aliphatic carbocycles. The van der Waals surface area contributed by atoms with Crippen molar-refractivity contribution in [1.82, 2.24) is 19.7 Å². The van der Waals surface area contributed by atoms with Crippen LogP contribution in [0, 0.1) is 11.7 Å². The number of aromatic nitrogens is 4. The van der Waals surface area contributed by atoms with Gasteiger partial charge in [0.15, 0.2) is 4.77 Å². The van der Waals surface area contributed by atoms with Crippen LogP contribution in [0.5, 0.6) is 0 Å². The Hall–Kier alpha value is -1.49. The van der Waals surface area contributed by atoms with Crippen LogP contribution in [0.25, 0.3) is 5.69 Å². The topological polar surface area (TPSA) is 46.5 Å². The molecule has 0 unspecified atom stereocenters. The normalized spacial score (nSPS) is 10.2. The lowest BCUT2D eigenvalue weighted by Gasteiger charge is -1.99. The van der Waals surface area contributed by atoms with Crippen molar-refractivity contribution < 1.29 is 0 Å². The van der Waals surface area contributed by atoms with Gasteiger partial charge in [-0.2, -0.15) is 5.10 Å². The van der Waals surface area contributed by atoms with E-state index in [-0.39, 0.29) is 0 Å². The lowest BCUT2D eigenvalue weighted by molar-refractivity contribution is 1.01. The fourth-order valence-electron chi connectivity index (χ4n) is 1.03. The van der Waals surface area contributed by atoms with Crippen LogP contribution in [0.1, 0.15) is 5.69 Å². The largest absolute Gasteiger partial charge is 0.273 e. The monoisotopic (exact) mass is 192 g/mol. The van der Waals surface area contributed by atoms with E-state index in [1.807, 2.05) is 19.1 Å². The minimum Gasteiger partial charge on any atom is -0.273 e. The molecule has 0 saturated heterocycles. The summed E-state index contributed by atoms with van der Waals surface area (Å²) >= 11 is 5.02. The van der Waals surface area contributed by atoms with E-state index in [0.717, 1.165) is 11.4 Å². The van der Waals surface area contributed by atoms with E-state index in [9.17, 15) is 0 Å². The van der Waals surface area contributed by atoms with Crippen molar-refractivity contribution in [3.63, 3.8) is 0 Å². The minimum atomic E-state index is 0.575. The fraction of sp³-hybridized carbons (Fsp3) is 0.125. The highest BCUT2D eigenvalue weighted by molar-refractivity contribution is 7.71. The van der Waals surface area contributed by atoms with Crippen LogP contribution in [0.15, 0.2) is 24.7 Å². The van der Waals surface area contributed by atoms with Gasteiger partial charge in [-0.05, 0) is 31.3 Å². The summed E-state index contributed by atoms with van der Waals surface area (Å²) in [6.07, 6.45) is 3.40. The third kappa shape index (κ3) is 1.50. The summed E-state index contributed by atoms with van der Waals surface area (Å²) in [5, 5.41) is 6.51. The molecule has 2 rings (SSSR count). The molecule has 0 amide bonds. The number of pyridine rings is 1. The van der Waals surface area contributed by atoms with Crippen molar-refractivity contribution in [2.45, 2.75) is 6.92 Å². The molecule has 0 aliphatic heterocycles. The van der Waals surface area contributed by atoms with Gasteiger partial charge in [-0.15, -0.1) is 0 Å². The van der Waals surface area contributed by atoms with Gasteiger partial charge in [0.1, 0.15) is 6.33 Å². The first-order valence-electron chi connectivity index (χ1n) is 3.82. The second kappa shape index (κ2) is 3.10. The molecule has 5 heteroatoms. The number of rotatable bonds is 1. The van der Waals surface area contributed by atoms with E-state index in [1.165, 1.54) is 0 Å². The Balaban J connectivity index is 2.54. The van der Waals surface area contributed by atoms with Crippen LogP contribution in [0.3, 0.4) is 0 Å². The average Bonchev–Trinajstić information content (AvgIpc) is 2.53. The average molecular weight is 192 g/mol. The third-order valence-corrected chi connectivity index (χ3v) is 2.01. The van der Waals surface area contributed by atoms with Crippen molar-refractivity contribution >= 4 is 12.2 Å². The highest BCUT2D eigenvalue weighted by atomic mass is 32.1. The van der Waals surface area contributed by atoms with E-state index in [1.54, 1.807) is 17.1 Å². The maximum absolute atomic E-state index is 5.02. The van der Waals surface area contributed by atoms with Crippen LogP contribution in [-0.2, 0) is 0 Å². The minimum absolute atomic E-state index is 0.575. The van der Waals surface area contributed by atoms with Gasteiger partial charge in [0.2, 0.25) is 0 Å². The molecule has 0 radical (unpaired) electrons. The fourth-order valence-corrected chi connectivity index (χ4v) is 1.24. The molecular formula is C8H8N4S. The van der Waals surface area contributed by atoms with Gasteiger partial charge < -0.3 is 0 Å². The van der Waals surface area contributed by atoms with Gasteiger partial charge in [-0.25, -0.2) is 0 Å². The molecule has 2 aromatic heterocycles. The van der Waals surface area contributed by atoms with Crippen molar-refractivity contribution in [2.24, 2.45) is 0 Å². The molecule has 13 heavy (non-hydrogen) atoms. The summed E-state index contributed by atoms with van der Waals surface area (Å²) < 4.78 is 2.34. The molecule has 0 aromatic carbocycles. The van der Waals surface area contributed by atoms with Gasteiger partial charge in [-0.1, -0.05) is 0 Å². The van der Waals surface area contributed by atoms with Gasteiger partial charge >= 0.3 is 0 Å². The van der Waals surface area contributed by atoms with E-state index >= 15 is 0 Å². The number of hydrogen-bond donors (Lipinski definition) is 1. The van der Waals surface area contributed by atoms with Crippen LogP contribution >= 0.6 is 12.2 Å². The molecule has 4 nitrogen and oxygen atoms in total. The zero-order valence-electron chi connectivity index (χ0n) is 7.06. The first kappa shape index (κ1) is 8.12. The highest BCUT2D eigenvalue weighted by Crippen LogP contribution is 2.05. The standard InChI is InChI=1S/C8H8N4S/c1-6-2-3-7(4-9-6)12-5-10-11-8(12)13/h2-5H,1H3,(H,11,13). The summed E-state index contributed by atoms with van der Waals surface area (Å²) in [5.41, 5.74) is 1.91. The van der Waals surface area contributed by atoms with E-state index < -0.39 is 0 Å². The van der Waals surface area contributed by atoms with Gasteiger partial charge in [-0.3, -0.25) is 14.6 Å². The molecule has 2 aromatic rings. The van der Waals surface area contributed by atoms with Crippen molar-refractivity contribution in [3.8, 4) is 5.69 Å². The summed E-state index contributed by atoms with van der Waals surface area (Å²) in [7, 11) is 0. The highest BCUT2D eigenvalue weighted by Gasteiger charge is 1.97. The first-order valence-corrected chi connectivity index (χ1v) is 4.23. The number of nitrogens with zero attached hydrogens (tertiary/aromatic N) is 3. The second-order valence-corrected chi connectivity index (χ2v) is 3.08. The maximum atomic E-state index is 5.02. The second-order valence-electron chi connectivity index (χ2n) is 2.69. The molecule has 0 spiro atoms. The molecule has 0 atom stereocenters. The molecular weight excluding hydrogens is 184 g/mol. The Bertz CT molecular complexity index is 453. The molecule has 0 fully saturated rings. The lowest BCUT2D eigenvalue weighted by atomic mass is 10.3. The van der Waals surface area contributed by atoms with Crippen LogP contribution in [0.2, 0.25) is 0 Å². The summed E-state index contributed by atoms with van der Waals surface area (Å²) in [6, 6.07) is 3.89. The molecule has 0 saturated carbocycles. The maximum Gasteiger partial charge on any atom is 0.199 e. The molecule has 0 bridgehead atoms.